The Balaban J connectivity index is 1.38. The topological polar surface area (TPSA) is 44.3 Å². The lowest BCUT2D eigenvalue weighted by Gasteiger charge is -2.20. The van der Waals surface area contributed by atoms with Crippen molar-refractivity contribution in [3.8, 4) is 0 Å². The van der Waals surface area contributed by atoms with Crippen molar-refractivity contribution in [1.29, 1.82) is 0 Å². The lowest BCUT2D eigenvalue weighted by molar-refractivity contribution is 0.946. The molecule has 1 fully saturated rings. The van der Waals surface area contributed by atoms with Crippen LogP contribution in [0, 0.1) is 6.92 Å². The molecule has 5 rings (SSSR count). The molecule has 3 aromatic rings. The molecule has 1 N–H and O–H groups in total. The van der Waals surface area contributed by atoms with Crippen molar-refractivity contribution < 1.29 is 0 Å². The highest BCUT2D eigenvalue weighted by molar-refractivity contribution is 5.70. The largest absolute Gasteiger partial charge is 0.372 e. The minimum absolute atomic E-state index is 0.776. The van der Waals surface area contributed by atoms with E-state index in [4.69, 9.17) is 4.98 Å². The summed E-state index contributed by atoms with van der Waals surface area (Å²) in [5, 5.41) is 3.45. The van der Waals surface area contributed by atoms with E-state index in [1.54, 1.807) is 0 Å². The maximum absolute atomic E-state index is 4.69. The van der Waals surface area contributed by atoms with Gasteiger partial charge in [0.05, 0.1) is 0 Å². The van der Waals surface area contributed by atoms with Gasteiger partial charge in [0.2, 0.25) is 0 Å². The van der Waals surface area contributed by atoms with E-state index >= 15 is 0 Å². The van der Waals surface area contributed by atoms with E-state index in [0.717, 1.165) is 36.1 Å². The summed E-state index contributed by atoms with van der Waals surface area (Å²) in [4.78, 5) is 14.0. The summed E-state index contributed by atoms with van der Waals surface area (Å²) in [6.45, 7) is 5.24. The fourth-order valence-electron chi connectivity index (χ4n) is 4.21. The summed E-state index contributed by atoms with van der Waals surface area (Å²) in [6, 6.07) is 19.3. The fraction of sp³-hybridized carbons (Fsp3) is 0.304. The summed E-state index contributed by atoms with van der Waals surface area (Å²) < 4.78 is 0. The quantitative estimate of drug-likeness (QED) is 0.712. The van der Waals surface area contributed by atoms with Gasteiger partial charge < -0.3 is 15.1 Å². The number of nitrogens with zero attached hydrogens (tertiary/aromatic N) is 4. The zero-order chi connectivity index (χ0) is 18.9. The molecule has 2 aromatic carbocycles. The molecule has 0 spiro atoms. The third kappa shape index (κ3) is 3.28. The number of aryl methyl sites for hydroxylation is 1. The molecule has 0 radical (unpaired) electrons. The molecular weight excluding hydrogens is 346 g/mol. The standard InChI is InChI=1S/C23H25N5/c1-17-24-22(26-19-8-10-20(11-9-19)27-13-4-5-14-27)16-23(25-17)28-15-12-18-6-2-3-7-21(18)28/h2-3,6-11,16H,4-5,12-15H2,1H3,(H,24,25,26). The second-order valence-corrected chi connectivity index (χ2v) is 7.55. The molecule has 2 aliphatic rings. The molecule has 0 atom stereocenters. The predicted octanol–water partition coefficient (Wildman–Crippen LogP) is 4.82. The van der Waals surface area contributed by atoms with Crippen LogP contribution in [0.3, 0.4) is 0 Å². The maximum atomic E-state index is 4.69. The zero-order valence-electron chi connectivity index (χ0n) is 16.2. The molecule has 28 heavy (non-hydrogen) atoms. The minimum Gasteiger partial charge on any atom is -0.372 e. The Morgan fingerprint density at radius 3 is 2.50 bits per heavy atom. The molecule has 5 nitrogen and oxygen atoms in total. The Hall–Kier alpha value is -3.08. The van der Waals surface area contributed by atoms with Crippen molar-refractivity contribution in [3.05, 3.63) is 66.0 Å². The summed E-state index contributed by atoms with van der Waals surface area (Å²) in [6.07, 6.45) is 3.64. The van der Waals surface area contributed by atoms with Crippen LogP contribution in [0.2, 0.25) is 0 Å². The smallest absolute Gasteiger partial charge is 0.138 e. The van der Waals surface area contributed by atoms with Crippen molar-refractivity contribution >= 4 is 28.7 Å². The van der Waals surface area contributed by atoms with Crippen LogP contribution in [-0.2, 0) is 6.42 Å². The highest BCUT2D eigenvalue weighted by atomic mass is 15.2. The van der Waals surface area contributed by atoms with Gasteiger partial charge in [0.15, 0.2) is 0 Å². The molecule has 5 heteroatoms. The van der Waals surface area contributed by atoms with E-state index in [1.165, 1.54) is 42.9 Å². The van der Waals surface area contributed by atoms with E-state index in [0.29, 0.717) is 0 Å². The van der Waals surface area contributed by atoms with Gasteiger partial charge in [0, 0.05) is 42.8 Å². The van der Waals surface area contributed by atoms with Gasteiger partial charge in [-0.1, -0.05) is 18.2 Å². The molecule has 0 bridgehead atoms. The Morgan fingerprint density at radius 1 is 0.893 bits per heavy atom. The summed E-state index contributed by atoms with van der Waals surface area (Å²) in [5.74, 6) is 2.56. The first kappa shape index (κ1) is 17.0. The third-order valence-corrected chi connectivity index (χ3v) is 5.60. The van der Waals surface area contributed by atoms with E-state index in [-0.39, 0.29) is 0 Å². The average molecular weight is 371 g/mol. The Labute approximate surface area is 166 Å². The fourth-order valence-corrected chi connectivity index (χ4v) is 4.21. The number of nitrogens with one attached hydrogen (secondary N) is 1. The normalized spacial score (nSPS) is 15.8. The van der Waals surface area contributed by atoms with Gasteiger partial charge >= 0.3 is 0 Å². The highest BCUT2D eigenvalue weighted by Crippen LogP contribution is 2.34. The Kier molecular flexibility index (Phi) is 4.35. The molecule has 0 saturated carbocycles. The monoisotopic (exact) mass is 371 g/mol. The second-order valence-electron chi connectivity index (χ2n) is 7.55. The lowest BCUT2D eigenvalue weighted by Crippen LogP contribution is -2.17. The van der Waals surface area contributed by atoms with Crippen molar-refractivity contribution in [1.82, 2.24) is 9.97 Å². The number of hydrogen-bond acceptors (Lipinski definition) is 5. The maximum Gasteiger partial charge on any atom is 0.138 e. The number of para-hydroxylation sites is 1. The van der Waals surface area contributed by atoms with Crippen LogP contribution in [0.1, 0.15) is 24.2 Å². The van der Waals surface area contributed by atoms with E-state index in [1.807, 2.05) is 13.0 Å². The molecular formula is C23H25N5. The van der Waals surface area contributed by atoms with Gasteiger partial charge in [-0.3, -0.25) is 0 Å². The van der Waals surface area contributed by atoms with Crippen LogP contribution in [0.25, 0.3) is 0 Å². The number of hydrogen-bond donors (Lipinski definition) is 1. The number of anilines is 5. The van der Waals surface area contributed by atoms with Crippen LogP contribution < -0.4 is 15.1 Å². The summed E-state index contributed by atoms with van der Waals surface area (Å²) in [7, 11) is 0. The molecule has 1 aromatic heterocycles. The first-order chi connectivity index (χ1) is 13.8. The number of rotatable bonds is 4. The minimum atomic E-state index is 0.776. The van der Waals surface area contributed by atoms with Crippen LogP contribution in [0.4, 0.5) is 28.7 Å². The molecule has 0 amide bonds. The lowest BCUT2D eigenvalue weighted by atomic mass is 10.2. The molecule has 1 saturated heterocycles. The van der Waals surface area contributed by atoms with Crippen LogP contribution in [0.15, 0.2) is 54.6 Å². The highest BCUT2D eigenvalue weighted by Gasteiger charge is 2.21. The van der Waals surface area contributed by atoms with Gasteiger partial charge in [-0.05, 0) is 62.1 Å². The van der Waals surface area contributed by atoms with Crippen molar-refractivity contribution in [2.75, 3.05) is 34.8 Å². The number of fused-ring (bicyclic) bond motifs is 1. The predicted molar refractivity (Wildman–Crippen MR) is 115 cm³/mol. The van der Waals surface area contributed by atoms with Crippen molar-refractivity contribution in [2.24, 2.45) is 0 Å². The first-order valence-electron chi connectivity index (χ1n) is 10.1. The Bertz CT molecular complexity index is 977. The molecule has 0 unspecified atom stereocenters. The summed E-state index contributed by atoms with van der Waals surface area (Å²) >= 11 is 0. The van der Waals surface area contributed by atoms with Crippen molar-refractivity contribution in [2.45, 2.75) is 26.2 Å². The van der Waals surface area contributed by atoms with Crippen LogP contribution in [-0.4, -0.2) is 29.6 Å². The van der Waals surface area contributed by atoms with E-state index in [2.05, 4.69) is 68.6 Å². The SMILES string of the molecule is Cc1nc(Nc2ccc(N3CCCC3)cc2)cc(N2CCc3ccccc32)n1. The first-order valence-corrected chi connectivity index (χ1v) is 10.1. The van der Waals surface area contributed by atoms with Gasteiger partial charge in [-0.2, -0.15) is 0 Å². The van der Waals surface area contributed by atoms with E-state index in [9.17, 15) is 0 Å². The molecule has 142 valence electrons. The van der Waals surface area contributed by atoms with Crippen LogP contribution in [0.5, 0.6) is 0 Å². The van der Waals surface area contributed by atoms with Gasteiger partial charge in [-0.25, -0.2) is 9.97 Å². The molecule has 3 heterocycles. The average Bonchev–Trinajstić information content (AvgIpc) is 3.38. The van der Waals surface area contributed by atoms with Gasteiger partial charge in [-0.15, -0.1) is 0 Å². The van der Waals surface area contributed by atoms with Gasteiger partial charge in [0.25, 0.3) is 0 Å². The third-order valence-electron chi connectivity index (χ3n) is 5.60. The van der Waals surface area contributed by atoms with Gasteiger partial charge in [0.1, 0.15) is 17.5 Å². The zero-order valence-corrected chi connectivity index (χ0v) is 16.2. The van der Waals surface area contributed by atoms with E-state index < -0.39 is 0 Å². The molecule has 2 aliphatic heterocycles. The Morgan fingerprint density at radius 2 is 1.68 bits per heavy atom. The van der Waals surface area contributed by atoms with Crippen molar-refractivity contribution in [3.63, 3.8) is 0 Å². The summed E-state index contributed by atoms with van der Waals surface area (Å²) in [5.41, 5.74) is 4.98. The number of aromatic nitrogens is 2. The number of benzene rings is 2. The van der Waals surface area contributed by atoms with Crippen LogP contribution >= 0.6 is 0 Å². The molecule has 0 aliphatic carbocycles. The second kappa shape index (κ2) is 7.15.